The van der Waals surface area contributed by atoms with E-state index in [4.69, 9.17) is 16.7 Å². The van der Waals surface area contributed by atoms with E-state index >= 15 is 0 Å². The number of aromatic carboxylic acids is 1. The van der Waals surface area contributed by atoms with Crippen molar-refractivity contribution < 1.29 is 14.7 Å². The maximum atomic E-state index is 11.8. The number of amides is 2. The third-order valence-electron chi connectivity index (χ3n) is 2.56. The SMILES string of the molecule is CC(NC(=O)Nc1ccc(Cl)cc1C(=O)O)c1nn[nH]n1. The fourth-order valence-electron chi connectivity index (χ4n) is 1.57. The quantitative estimate of drug-likeness (QED) is 0.675. The monoisotopic (exact) mass is 310 g/mol. The number of urea groups is 1. The Kier molecular flexibility index (Phi) is 4.33. The lowest BCUT2D eigenvalue weighted by atomic mass is 10.2. The number of anilines is 1. The van der Waals surface area contributed by atoms with E-state index in [1.54, 1.807) is 6.92 Å². The number of nitrogens with one attached hydrogen (secondary N) is 3. The van der Waals surface area contributed by atoms with Gasteiger partial charge in [-0.15, -0.1) is 10.2 Å². The number of carboxylic acids is 1. The van der Waals surface area contributed by atoms with Gasteiger partial charge < -0.3 is 15.7 Å². The minimum absolute atomic E-state index is 0.107. The Hall–Kier alpha value is -2.68. The molecule has 110 valence electrons. The molecule has 9 nitrogen and oxygen atoms in total. The van der Waals surface area contributed by atoms with Crippen molar-refractivity contribution >= 4 is 29.3 Å². The van der Waals surface area contributed by atoms with Gasteiger partial charge >= 0.3 is 12.0 Å². The first-order valence-electron chi connectivity index (χ1n) is 5.81. The smallest absolute Gasteiger partial charge is 0.337 e. The highest BCUT2D eigenvalue weighted by molar-refractivity contribution is 6.31. The second kappa shape index (κ2) is 6.18. The zero-order valence-corrected chi connectivity index (χ0v) is 11.5. The van der Waals surface area contributed by atoms with Crippen LogP contribution in [0.2, 0.25) is 5.02 Å². The zero-order chi connectivity index (χ0) is 15.4. The lowest BCUT2D eigenvalue weighted by molar-refractivity contribution is 0.0698. The van der Waals surface area contributed by atoms with Gasteiger partial charge in [-0.1, -0.05) is 16.8 Å². The summed E-state index contributed by atoms with van der Waals surface area (Å²) in [5.74, 6) is -0.890. The van der Waals surface area contributed by atoms with E-state index in [0.29, 0.717) is 5.82 Å². The highest BCUT2D eigenvalue weighted by atomic mass is 35.5. The summed E-state index contributed by atoms with van der Waals surface area (Å²) in [4.78, 5) is 22.9. The molecule has 1 atom stereocenters. The summed E-state index contributed by atoms with van der Waals surface area (Å²) in [6.07, 6.45) is 0. The molecule has 0 aliphatic heterocycles. The summed E-state index contributed by atoms with van der Waals surface area (Å²) in [5.41, 5.74) is 0.0228. The highest BCUT2D eigenvalue weighted by Gasteiger charge is 2.16. The topological polar surface area (TPSA) is 133 Å². The summed E-state index contributed by atoms with van der Waals surface area (Å²) >= 11 is 5.73. The van der Waals surface area contributed by atoms with Crippen molar-refractivity contribution in [2.45, 2.75) is 13.0 Å². The maximum absolute atomic E-state index is 11.8. The fraction of sp³-hybridized carbons (Fsp3) is 0.182. The standard InChI is InChI=1S/C11H11ClN6O3/c1-5(9-15-17-18-16-9)13-11(21)14-8-3-2-6(12)4-7(8)10(19)20/h2-5H,1H3,(H,19,20)(H2,13,14,21)(H,15,16,17,18). The molecule has 0 aliphatic rings. The van der Waals surface area contributed by atoms with Gasteiger partial charge in [-0.2, -0.15) is 5.21 Å². The van der Waals surface area contributed by atoms with Gasteiger partial charge in [-0.3, -0.25) is 0 Å². The van der Waals surface area contributed by atoms with E-state index in [0.717, 1.165) is 0 Å². The molecule has 1 unspecified atom stereocenters. The molecule has 2 rings (SSSR count). The van der Waals surface area contributed by atoms with Gasteiger partial charge in [0.05, 0.1) is 17.3 Å². The summed E-state index contributed by atoms with van der Waals surface area (Å²) in [7, 11) is 0. The number of nitrogens with zero attached hydrogens (tertiary/aromatic N) is 3. The van der Waals surface area contributed by atoms with Gasteiger partial charge in [0.15, 0.2) is 5.82 Å². The van der Waals surface area contributed by atoms with Crippen LogP contribution in [0.5, 0.6) is 0 Å². The van der Waals surface area contributed by atoms with Gasteiger partial charge in [0.2, 0.25) is 0 Å². The molecular weight excluding hydrogens is 300 g/mol. The van der Waals surface area contributed by atoms with Crippen LogP contribution in [0.3, 0.4) is 0 Å². The third kappa shape index (κ3) is 3.66. The van der Waals surface area contributed by atoms with Crippen LogP contribution in [-0.4, -0.2) is 37.7 Å². The van der Waals surface area contributed by atoms with Gasteiger partial charge in [0.1, 0.15) is 0 Å². The Balaban J connectivity index is 2.08. The number of H-pyrrole nitrogens is 1. The van der Waals surface area contributed by atoms with E-state index in [-0.39, 0.29) is 16.3 Å². The molecule has 1 heterocycles. The molecule has 10 heteroatoms. The second-order valence-corrected chi connectivity index (χ2v) is 4.52. The van der Waals surface area contributed by atoms with Crippen molar-refractivity contribution in [2.75, 3.05) is 5.32 Å². The zero-order valence-electron chi connectivity index (χ0n) is 10.8. The van der Waals surface area contributed by atoms with E-state index in [1.807, 2.05) is 0 Å². The molecule has 0 aliphatic carbocycles. The summed E-state index contributed by atoms with van der Waals surface area (Å²) in [6.45, 7) is 1.66. The number of benzene rings is 1. The van der Waals surface area contributed by atoms with E-state index in [2.05, 4.69) is 31.3 Å². The third-order valence-corrected chi connectivity index (χ3v) is 2.79. The molecule has 0 bridgehead atoms. The first-order chi connectivity index (χ1) is 9.97. The molecule has 0 saturated carbocycles. The second-order valence-electron chi connectivity index (χ2n) is 4.09. The van der Waals surface area contributed by atoms with Crippen molar-refractivity contribution in [3.63, 3.8) is 0 Å². The lowest BCUT2D eigenvalue weighted by Gasteiger charge is -2.13. The minimum atomic E-state index is -1.20. The highest BCUT2D eigenvalue weighted by Crippen LogP contribution is 2.20. The number of carbonyl (C=O) groups is 2. The normalized spacial score (nSPS) is 11.7. The van der Waals surface area contributed by atoms with Gasteiger partial charge in [0.25, 0.3) is 0 Å². The van der Waals surface area contributed by atoms with Crippen LogP contribution in [0.1, 0.15) is 29.1 Å². The molecule has 2 aromatic rings. The number of carboxylic acid groups (broad SMARTS) is 1. The van der Waals surface area contributed by atoms with Crippen LogP contribution >= 0.6 is 11.6 Å². The van der Waals surface area contributed by atoms with E-state index in [9.17, 15) is 9.59 Å². The Labute approximate surface area is 123 Å². The number of rotatable bonds is 4. The predicted molar refractivity (Wildman–Crippen MR) is 73.2 cm³/mol. The summed E-state index contributed by atoms with van der Waals surface area (Å²) in [5, 5.41) is 27.4. The van der Waals surface area contributed by atoms with Gasteiger partial charge in [-0.25, -0.2) is 9.59 Å². The first-order valence-corrected chi connectivity index (χ1v) is 6.19. The Bertz CT molecular complexity index is 660. The van der Waals surface area contributed by atoms with Crippen molar-refractivity contribution in [1.82, 2.24) is 25.9 Å². The van der Waals surface area contributed by atoms with Crippen LogP contribution < -0.4 is 10.6 Å². The van der Waals surface area contributed by atoms with Crippen molar-refractivity contribution in [2.24, 2.45) is 0 Å². The number of aromatic amines is 1. The van der Waals surface area contributed by atoms with Gasteiger partial charge in [0, 0.05) is 5.02 Å². The first kappa shape index (κ1) is 14.7. The van der Waals surface area contributed by atoms with Crippen molar-refractivity contribution in [3.05, 3.63) is 34.6 Å². The molecule has 0 spiro atoms. The average Bonchev–Trinajstić information content (AvgIpc) is 2.94. The minimum Gasteiger partial charge on any atom is -0.478 e. The van der Waals surface area contributed by atoms with E-state index in [1.165, 1.54) is 18.2 Å². The number of aromatic nitrogens is 4. The molecular formula is C11H11ClN6O3. The van der Waals surface area contributed by atoms with Crippen LogP contribution in [0.15, 0.2) is 18.2 Å². The van der Waals surface area contributed by atoms with Crippen LogP contribution in [0.25, 0.3) is 0 Å². The largest absolute Gasteiger partial charge is 0.478 e. The summed E-state index contributed by atoms with van der Waals surface area (Å²) in [6, 6.07) is 3.04. The Morgan fingerprint density at radius 1 is 1.43 bits per heavy atom. The molecule has 21 heavy (non-hydrogen) atoms. The van der Waals surface area contributed by atoms with Crippen LogP contribution in [0, 0.1) is 0 Å². The number of hydrogen-bond donors (Lipinski definition) is 4. The fourth-order valence-corrected chi connectivity index (χ4v) is 1.75. The van der Waals surface area contributed by atoms with Crippen molar-refractivity contribution in [1.29, 1.82) is 0 Å². The molecule has 0 saturated heterocycles. The average molecular weight is 311 g/mol. The molecule has 0 radical (unpaired) electrons. The number of hydrogen-bond acceptors (Lipinski definition) is 5. The summed E-state index contributed by atoms with van der Waals surface area (Å²) < 4.78 is 0. The van der Waals surface area contributed by atoms with Crippen LogP contribution in [-0.2, 0) is 0 Å². The number of tetrazole rings is 1. The Morgan fingerprint density at radius 2 is 2.19 bits per heavy atom. The van der Waals surface area contributed by atoms with E-state index < -0.39 is 18.0 Å². The molecule has 0 fully saturated rings. The lowest BCUT2D eigenvalue weighted by Crippen LogP contribution is -2.32. The molecule has 2 amide bonds. The van der Waals surface area contributed by atoms with Crippen LogP contribution in [0.4, 0.5) is 10.5 Å². The Morgan fingerprint density at radius 3 is 2.81 bits per heavy atom. The molecule has 4 N–H and O–H groups in total. The molecule has 1 aromatic heterocycles. The predicted octanol–water partition coefficient (Wildman–Crippen LogP) is 1.43. The maximum Gasteiger partial charge on any atom is 0.337 e. The number of carbonyl (C=O) groups excluding carboxylic acids is 1. The molecule has 1 aromatic carbocycles. The van der Waals surface area contributed by atoms with Gasteiger partial charge in [-0.05, 0) is 25.1 Å². The van der Waals surface area contributed by atoms with Crippen molar-refractivity contribution in [3.8, 4) is 0 Å². The number of halogens is 1.